The van der Waals surface area contributed by atoms with Gasteiger partial charge in [0.15, 0.2) is 34.6 Å². The minimum atomic E-state index is -0.888. The number of rotatable bonds is 0. The van der Waals surface area contributed by atoms with E-state index >= 15 is 0 Å². The van der Waals surface area contributed by atoms with Crippen molar-refractivity contribution in [2.75, 3.05) is 0 Å². The van der Waals surface area contributed by atoms with Crippen molar-refractivity contribution in [3.63, 3.8) is 0 Å². The van der Waals surface area contributed by atoms with Gasteiger partial charge in [0.1, 0.15) is 23.0 Å². The summed E-state index contributed by atoms with van der Waals surface area (Å²) in [4.78, 5) is 24.0. The molecule has 222 valence electrons. The number of benzene rings is 4. The van der Waals surface area contributed by atoms with Gasteiger partial charge in [0, 0.05) is 34.0 Å². The summed E-state index contributed by atoms with van der Waals surface area (Å²) in [6.07, 6.45) is 2.40. The zero-order valence-electron chi connectivity index (χ0n) is 21.9. The Hall–Kier alpha value is -4.26. The molecule has 43 heavy (non-hydrogen) atoms. The Morgan fingerprint density at radius 2 is 0.814 bits per heavy atom. The van der Waals surface area contributed by atoms with Gasteiger partial charge in [0.05, 0.1) is 21.9 Å². The second kappa shape index (κ2) is 11.4. The summed E-state index contributed by atoms with van der Waals surface area (Å²) >= 11 is 2.24. The van der Waals surface area contributed by atoms with Crippen LogP contribution in [-0.2, 0) is 0 Å². The molecule has 6 rings (SSSR count). The first-order valence-corrected chi connectivity index (χ1v) is 19.3. The summed E-state index contributed by atoms with van der Waals surface area (Å²) in [6.45, 7) is 3.15. The van der Waals surface area contributed by atoms with E-state index in [0.29, 0.717) is 11.1 Å². The van der Waals surface area contributed by atoms with Crippen molar-refractivity contribution in [3.05, 3.63) is 46.5 Å². The van der Waals surface area contributed by atoms with Crippen LogP contribution in [0.15, 0.2) is 24.3 Å². The molecule has 0 bridgehead atoms. The molecule has 4 aromatic carbocycles. The molecule has 0 aliphatic heterocycles. The summed E-state index contributed by atoms with van der Waals surface area (Å²) in [5.74, 6) is -7.59. The monoisotopic (exact) mass is 813 g/mol. The fourth-order valence-corrected chi connectivity index (χ4v) is 5.18. The van der Waals surface area contributed by atoms with Crippen molar-refractivity contribution in [2.24, 2.45) is 0 Å². The molecule has 0 amide bonds. The first-order valence-electron chi connectivity index (χ1n) is 11.8. The molecule has 12 nitrogen and oxygen atoms in total. The second-order valence-corrected chi connectivity index (χ2v) is 13.0. The van der Waals surface area contributed by atoms with Crippen LogP contribution >= 0.6 is 18.6 Å². The zero-order valence-corrected chi connectivity index (χ0v) is 26.2. The molecule has 0 atom stereocenters. The van der Waals surface area contributed by atoms with Crippen LogP contribution in [0.3, 0.4) is 0 Å². The van der Waals surface area contributed by atoms with Gasteiger partial charge in [0.25, 0.3) is 0 Å². The number of allylic oxidation sites excluding steroid dienone is 4. The average molecular weight is 813 g/mol. The first kappa shape index (κ1) is 31.7. The number of carbonyl (C=O) groups is 2. The molecular formula is C28H20BI2O12-. The summed E-state index contributed by atoms with van der Waals surface area (Å²) < 4.78 is 0. The van der Waals surface area contributed by atoms with E-state index in [1.54, 1.807) is 13.8 Å². The quantitative estimate of drug-likeness (QED) is 0.0691. The van der Waals surface area contributed by atoms with E-state index in [-0.39, 0.29) is 72.3 Å². The molecule has 0 aromatic heterocycles. The van der Waals surface area contributed by atoms with E-state index in [4.69, 9.17) is 5.70 Å². The number of carbonyl (C=O) groups excluding carboxylic acids is 2. The van der Waals surface area contributed by atoms with Gasteiger partial charge in [-0.15, -0.1) is 0 Å². The Balaban J connectivity index is 0.000000181. The van der Waals surface area contributed by atoms with E-state index in [2.05, 4.69) is 18.6 Å². The van der Waals surface area contributed by atoms with Gasteiger partial charge < -0.3 is 51.1 Å². The Bertz CT molecular complexity index is 1840. The van der Waals surface area contributed by atoms with Gasteiger partial charge in [-0.3, -0.25) is 9.59 Å². The predicted octanol–water partition coefficient (Wildman–Crippen LogP) is 1.44. The molecule has 0 fully saturated rings. The van der Waals surface area contributed by atoms with Crippen molar-refractivity contribution in [1.29, 1.82) is 0 Å². The van der Waals surface area contributed by atoms with Crippen LogP contribution in [0, 0.1) is 0 Å². The Morgan fingerprint density at radius 3 is 1.12 bits per heavy atom. The van der Waals surface area contributed by atoms with E-state index in [9.17, 15) is 60.7 Å². The summed E-state index contributed by atoms with van der Waals surface area (Å²) in [7, 11) is 0. The Morgan fingerprint density at radius 1 is 0.512 bits per heavy atom. The van der Waals surface area contributed by atoms with Crippen LogP contribution in [0.25, 0.3) is 32.7 Å². The van der Waals surface area contributed by atoms with Crippen LogP contribution in [0.5, 0.6) is 57.5 Å². The molecule has 2 aliphatic rings. The fourth-order valence-electron chi connectivity index (χ4n) is 5.18. The molecule has 2 aliphatic carbocycles. The van der Waals surface area contributed by atoms with Crippen molar-refractivity contribution >= 4 is 68.6 Å². The topological polar surface area (TPSA) is 236 Å². The molecule has 0 heterocycles. The molecular weight excluding hydrogens is 793 g/mol. The van der Waals surface area contributed by atoms with Crippen LogP contribution in [-0.4, -0.2) is 68.3 Å². The van der Waals surface area contributed by atoms with Crippen LogP contribution in [0.1, 0.15) is 45.7 Å². The van der Waals surface area contributed by atoms with Gasteiger partial charge >= 0.3 is 41.3 Å². The van der Waals surface area contributed by atoms with E-state index in [0.717, 1.165) is 12.1 Å². The number of phenolic OH excluding ortho intramolecular Hbond substituents is 10. The predicted molar refractivity (Wildman–Crippen MR) is 160 cm³/mol. The molecule has 2 radical (unpaired) electrons. The normalized spacial score (nSPS) is 13.2. The van der Waals surface area contributed by atoms with Crippen molar-refractivity contribution in [1.82, 2.24) is 0 Å². The van der Waals surface area contributed by atoms with Gasteiger partial charge in [-0.1, -0.05) is 0 Å². The van der Waals surface area contributed by atoms with Crippen LogP contribution in [0.4, 0.5) is 0 Å². The third kappa shape index (κ3) is 4.85. The first-order chi connectivity index (χ1) is 20.1. The SMILES string of the molecule is CC1=CC(=O)c2c(O)c(O)c(O)c3c(O)cc(O)c1c23.CC1=CC(=O)c2c(O)c(O)c(O)c3c(O)cc(O)c1c23.[B][I-]I. The number of hydrogen-bond donors (Lipinski definition) is 10. The Kier molecular flexibility index (Phi) is 8.43. The van der Waals surface area contributed by atoms with Gasteiger partial charge in [-0.25, -0.2) is 0 Å². The molecule has 0 unspecified atom stereocenters. The second-order valence-electron chi connectivity index (χ2n) is 9.39. The number of ketones is 2. The van der Waals surface area contributed by atoms with Crippen LogP contribution in [0.2, 0.25) is 0 Å². The summed E-state index contributed by atoms with van der Waals surface area (Å²) in [5, 5.41) is 97.9. The van der Waals surface area contributed by atoms with Crippen molar-refractivity contribution < 1.29 is 77.7 Å². The fraction of sp³-hybridized carbons (Fsp3) is 0.0714. The maximum atomic E-state index is 12.0. The van der Waals surface area contributed by atoms with Gasteiger partial charge in [-0.2, -0.15) is 0 Å². The number of halogens is 2. The number of aromatic hydroxyl groups is 10. The third-order valence-corrected chi connectivity index (χ3v) is 6.89. The average Bonchev–Trinajstić information content (AvgIpc) is 2.90. The standard InChI is InChI=1S/2C14H10O6.BI2/c2*1-4-2-5(15)9-11-8(4)6(16)3-7(17)10(11)13(19)14(20)12(9)18;1-3-2/h2*2-3,16-20H,1H3;/q;;-1. The molecule has 0 saturated heterocycles. The van der Waals surface area contributed by atoms with E-state index < -0.39 is 57.6 Å². The van der Waals surface area contributed by atoms with Crippen molar-refractivity contribution in [2.45, 2.75) is 13.8 Å². The van der Waals surface area contributed by atoms with E-state index in [1.165, 1.54) is 12.2 Å². The molecule has 4 aromatic rings. The maximum absolute atomic E-state index is 12.0. The van der Waals surface area contributed by atoms with E-state index in [1.807, 2.05) is 0 Å². The van der Waals surface area contributed by atoms with Gasteiger partial charge in [-0.05, 0) is 37.1 Å². The van der Waals surface area contributed by atoms with Crippen LogP contribution < -0.4 is 17.0 Å². The third-order valence-electron chi connectivity index (χ3n) is 6.89. The van der Waals surface area contributed by atoms with Crippen molar-refractivity contribution in [3.8, 4) is 57.5 Å². The zero-order chi connectivity index (χ0) is 32.2. The molecule has 0 spiro atoms. The number of hydrogen-bond acceptors (Lipinski definition) is 12. The molecule has 15 heteroatoms. The summed E-state index contributed by atoms with van der Waals surface area (Å²) in [5.41, 5.74) is 5.71. The molecule has 0 saturated carbocycles. The van der Waals surface area contributed by atoms with Gasteiger partial charge in [0.2, 0.25) is 11.5 Å². The number of phenols is 10. The summed E-state index contributed by atoms with van der Waals surface area (Å²) in [6, 6.07) is 2.01. The minimum absolute atomic E-state index is 0.0142. The molecule has 10 N–H and O–H groups in total. The Labute approximate surface area is 262 Å².